The SMILES string of the molecule is CCCCN(CC(N)=O)C(=O)c1cc(N)cc(Br)c1. The predicted molar refractivity (Wildman–Crippen MR) is 78.6 cm³/mol. The Balaban J connectivity index is 2.93. The minimum Gasteiger partial charge on any atom is -0.399 e. The molecule has 0 unspecified atom stereocenters. The van der Waals surface area contributed by atoms with Gasteiger partial charge < -0.3 is 16.4 Å². The van der Waals surface area contributed by atoms with Gasteiger partial charge >= 0.3 is 0 Å². The van der Waals surface area contributed by atoms with Crippen LogP contribution in [0.4, 0.5) is 5.69 Å². The number of hydrogen-bond acceptors (Lipinski definition) is 3. The highest BCUT2D eigenvalue weighted by molar-refractivity contribution is 9.10. The lowest BCUT2D eigenvalue weighted by molar-refractivity contribution is -0.118. The van der Waals surface area contributed by atoms with E-state index in [-0.39, 0.29) is 12.5 Å². The van der Waals surface area contributed by atoms with Gasteiger partial charge in [-0.25, -0.2) is 0 Å². The zero-order chi connectivity index (χ0) is 14.4. The third kappa shape index (κ3) is 4.90. The maximum absolute atomic E-state index is 12.3. The minimum absolute atomic E-state index is 0.0781. The minimum atomic E-state index is -0.521. The molecule has 19 heavy (non-hydrogen) atoms. The first kappa shape index (κ1) is 15.5. The average molecular weight is 328 g/mol. The fourth-order valence-electron chi connectivity index (χ4n) is 1.71. The quantitative estimate of drug-likeness (QED) is 0.780. The molecule has 0 radical (unpaired) electrons. The number of benzene rings is 1. The fraction of sp³-hybridized carbons (Fsp3) is 0.385. The Morgan fingerprint density at radius 1 is 1.32 bits per heavy atom. The maximum atomic E-state index is 12.3. The molecule has 0 saturated heterocycles. The standard InChI is InChI=1S/C13H18BrN3O2/c1-2-3-4-17(8-12(16)18)13(19)9-5-10(14)7-11(15)6-9/h5-7H,2-4,8,15H2,1H3,(H2,16,18). The van der Waals surface area contributed by atoms with Crippen molar-refractivity contribution in [2.24, 2.45) is 5.73 Å². The molecule has 0 bridgehead atoms. The van der Waals surface area contributed by atoms with Crippen LogP contribution in [0.1, 0.15) is 30.1 Å². The van der Waals surface area contributed by atoms with Gasteiger partial charge in [0.25, 0.3) is 5.91 Å². The number of hydrogen-bond donors (Lipinski definition) is 2. The molecule has 6 heteroatoms. The highest BCUT2D eigenvalue weighted by atomic mass is 79.9. The Morgan fingerprint density at radius 3 is 2.53 bits per heavy atom. The second-order valence-electron chi connectivity index (χ2n) is 4.32. The van der Waals surface area contributed by atoms with Crippen molar-refractivity contribution >= 4 is 33.4 Å². The molecule has 0 atom stereocenters. The summed E-state index contributed by atoms with van der Waals surface area (Å²) in [4.78, 5) is 24.8. The van der Waals surface area contributed by atoms with E-state index >= 15 is 0 Å². The van der Waals surface area contributed by atoms with Crippen molar-refractivity contribution in [3.8, 4) is 0 Å². The molecular weight excluding hydrogens is 310 g/mol. The van der Waals surface area contributed by atoms with Crippen molar-refractivity contribution in [1.29, 1.82) is 0 Å². The van der Waals surface area contributed by atoms with Gasteiger partial charge in [-0.3, -0.25) is 9.59 Å². The Bertz CT molecular complexity index is 457. The molecule has 0 aliphatic heterocycles. The summed E-state index contributed by atoms with van der Waals surface area (Å²) in [6.07, 6.45) is 1.76. The Labute approximate surface area is 121 Å². The molecule has 0 spiro atoms. The van der Waals surface area contributed by atoms with E-state index in [0.717, 1.165) is 17.3 Å². The molecule has 104 valence electrons. The highest BCUT2D eigenvalue weighted by Gasteiger charge is 2.17. The lowest BCUT2D eigenvalue weighted by Gasteiger charge is -2.21. The lowest BCUT2D eigenvalue weighted by atomic mass is 10.1. The molecule has 0 aliphatic carbocycles. The van der Waals surface area contributed by atoms with Crippen LogP contribution < -0.4 is 11.5 Å². The van der Waals surface area contributed by atoms with E-state index in [1.165, 1.54) is 4.90 Å². The second kappa shape index (κ2) is 7.13. The lowest BCUT2D eigenvalue weighted by Crippen LogP contribution is -2.39. The predicted octanol–water partition coefficient (Wildman–Crippen LogP) is 1.76. The number of nitrogens with zero attached hydrogens (tertiary/aromatic N) is 1. The smallest absolute Gasteiger partial charge is 0.254 e. The number of unbranched alkanes of at least 4 members (excludes halogenated alkanes) is 1. The molecule has 5 nitrogen and oxygen atoms in total. The van der Waals surface area contributed by atoms with Gasteiger partial charge in [-0.05, 0) is 24.6 Å². The fourth-order valence-corrected chi connectivity index (χ4v) is 2.22. The van der Waals surface area contributed by atoms with Crippen LogP contribution >= 0.6 is 15.9 Å². The van der Waals surface area contributed by atoms with Crippen LogP contribution in [-0.4, -0.2) is 29.8 Å². The molecule has 1 rings (SSSR count). The molecule has 0 fully saturated rings. The van der Waals surface area contributed by atoms with Crippen LogP contribution in [-0.2, 0) is 4.79 Å². The summed E-state index contributed by atoms with van der Waals surface area (Å²) >= 11 is 3.29. The third-order valence-electron chi connectivity index (χ3n) is 2.58. The van der Waals surface area contributed by atoms with Gasteiger partial charge in [-0.2, -0.15) is 0 Å². The topological polar surface area (TPSA) is 89.4 Å². The van der Waals surface area contributed by atoms with Crippen molar-refractivity contribution in [3.63, 3.8) is 0 Å². The summed E-state index contributed by atoms with van der Waals surface area (Å²) in [6.45, 7) is 2.44. The van der Waals surface area contributed by atoms with Gasteiger partial charge in [0.15, 0.2) is 0 Å². The Hall–Kier alpha value is -1.56. The normalized spacial score (nSPS) is 10.2. The summed E-state index contributed by atoms with van der Waals surface area (Å²) in [5.74, 6) is -0.757. The van der Waals surface area contributed by atoms with Crippen LogP contribution in [0.15, 0.2) is 22.7 Å². The number of amides is 2. The summed E-state index contributed by atoms with van der Waals surface area (Å²) in [6, 6.07) is 4.98. The third-order valence-corrected chi connectivity index (χ3v) is 3.04. The van der Waals surface area contributed by atoms with Crippen LogP contribution in [0.25, 0.3) is 0 Å². The first-order valence-corrected chi connectivity index (χ1v) is 6.87. The number of rotatable bonds is 6. The molecule has 0 aromatic heterocycles. The number of nitrogen functional groups attached to an aromatic ring is 1. The molecule has 0 saturated carbocycles. The molecule has 1 aromatic rings. The summed E-state index contributed by atoms with van der Waals surface area (Å²) in [7, 11) is 0. The number of primary amides is 1. The number of halogens is 1. The molecule has 1 aromatic carbocycles. The van der Waals surface area contributed by atoms with Crippen LogP contribution in [0.5, 0.6) is 0 Å². The van der Waals surface area contributed by atoms with Crippen molar-refractivity contribution in [2.45, 2.75) is 19.8 Å². The number of anilines is 1. The van der Waals surface area contributed by atoms with Crippen LogP contribution in [0, 0.1) is 0 Å². The van der Waals surface area contributed by atoms with E-state index in [2.05, 4.69) is 15.9 Å². The number of carbonyl (C=O) groups is 2. The van der Waals surface area contributed by atoms with Gasteiger partial charge in [-0.15, -0.1) is 0 Å². The largest absolute Gasteiger partial charge is 0.399 e. The second-order valence-corrected chi connectivity index (χ2v) is 5.24. The zero-order valence-corrected chi connectivity index (χ0v) is 12.4. The van der Waals surface area contributed by atoms with Gasteiger partial charge in [0, 0.05) is 22.3 Å². The maximum Gasteiger partial charge on any atom is 0.254 e. The first-order valence-electron chi connectivity index (χ1n) is 6.07. The van der Waals surface area contributed by atoms with E-state index in [4.69, 9.17) is 11.5 Å². The van der Waals surface area contributed by atoms with Gasteiger partial charge in [0.1, 0.15) is 0 Å². The van der Waals surface area contributed by atoms with E-state index < -0.39 is 5.91 Å². The summed E-state index contributed by atoms with van der Waals surface area (Å²) in [5.41, 5.74) is 11.8. The van der Waals surface area contributed by atoms with Gasteiger partial charge in [0.05, 0.1) is 6.54 Å². The van der Waals surface area contributed by atoms with Crippen molar-refractivity contribution in [3.05, 3.63) is 28.2 Å². The van der Waals surface area contributed by atoms with E-state index in [1.807, 2.05) is 6.92 Å². The van der Waals surface area contributed by atoms with Gasteiger partial charge in [0.2, 0.25) is 5.91 Å². The van der Waals surface area contributed by atoms with Crippen molar-refractivity contribution < 1.29 is 9.59 Å². The highest BCUT2D eigenvalue weighted by Crippen LogP contribution is 2.18. The average Bonchev–Trinajstić information content (AvgIpc) is 2.32. The molecule has 2 amide bonds. The van der Waals surface area contributed by atoms with E-state index in [1.54, 1.807) is 18.2 Å². The zero-order valence-electron chi connectivity index (χ0n) is 10.9. The number of nitrogens with two attached hydrogens (primary N) is 2. The Kier molecular flexibility index (Phi) is 5.82. The molecular formula is C13H18BrN3O2. The van der Waals surface area contributed by atoms with Crippen LogP contribution in [0.2, 0.25) is 0 Å². The van der Waals surface area contributed by atoms with Crippen molar-refractivity contribution in [1.82, 2.24) is 4.90 Å². The first-order chi connectivity index (χ1) is 8.93. The monoisotopic (exact) mass is 327 g/mol. The van der Waals surface area contributed by atoms with Crippen LogP contribution in [0.3, 0.4) is 0 Å². The van der Waals surface area contributed by atoms with Crippen molar-refractivity contribution in [2.75, 3.05) is 18.8 Å². The molecule has 4 N–H and O–H groups in total. The Morgan fingerprint density at radius 2 is 2.00 bits per heavy atom. The summed E-state index contributed by atoms with van der Waals surface area (Å²) in [5, 5.41) is 0. The summed E-state index contributed by atoms with van der Waals surface area (Å²) < 4.78 is 0.727. The molecule has 0 aliphatic rings. The van der Waals surface area contributed by atoms with Gasteiger partial charge in [-0.1, -0.05) is 29.3 Å². The van der Waals surface area contributed by atoms with E-state index in [0.29, 0.717) is 17.8 Å². The van der Waals surface area contributed by atoms with E-state index in [9.17, 15) is 9.59 Å². The number of carbonyl (C=O) groups excluding carboxylic acids is 2. The molecule has 0 heterocycles.